The van der Waals surface area contributed by atoms with Crippen molar-refractivity contribution in [3.05, 3.63) is 70.3 Å². The van der Waals surface area contributed by atoms with E-state index in [1.54, 1.807) is 4.57 Å². The Hall–Kier alpha value is -2.93. The number of thioether (sulfide) groups is 1. The number of rotatable bonds is 6. The lowest BCUT2D eigenvalue weighted by atomic mass is 10.1. The van der Waals surface area contributed by atoms with Gasteiger partial charge in [-0.15, -0.1) is 0 Å². The van der Waals surface area contributed by atoms with Gasteiger partial charge in [-0.05, 0) is 30.5 Å². The first kappa shape index (κ1) is 19.4. The molecule has 6 nitrogen and oxygen atoms in total. The number of aromatic nitrogens is 4. The average Bonchev–Trinajstić information content (AvgIpc) is 3.18. The summed E-state index contributed by atoms with van der Waals surface area (Å²) in [4.78, 5) is 22.2. The molecular weight excluding hydrogens is 384 g/mol. The van der Waals surface area contributed by atoms with Crippen molar-refractivity contribution < 1.29 is 4.52 Å². The van der Waals surface area contributed by atoms with E-state index in [0.717, 1.165) is 11.1 Å². The molecule has 0 atom stereocenters. The van der Waals surface area contributed by atoms with E-state index < -0.39 is 0 Å². The lowest BCUT2D eigenvalue weighted by Gasteiger charge is -2.14. The van der Waals surface area contributed by atoms with Crippen LogP contribution >= 0.6 is 11.8 Å². The van der Waals surface area contributed by atoms with Gasteiger partial charge in [-0.3, -0.25) is 9.36 Å². The third kappa shape index (κ3) is 4.10. The highest BCUT2D eigenvalue weighted by molar-refractivity contribution is 7.98. The average molecular weight is 407 g/mol. The quantitative estimate of drug-likeness (QED) is 0.341. The van der Waals surface area contributed by atoms with Crippen LogP contribution in [0.5, 0.6) is 0 Å². The summed E-state index contributed by atoms with van der Waals surface area (Å²) in [5.41, 5.74) is 2.73. The van der Waals surface area contributed by atoms with E-state index in [-0.39, 0.29) is 5.56 Å². The van der Waals surface area contributed by atoms with E-state index in [2.05, 4.69) is 24.0 Å². The van der Waals surface area contributed by atoms with Crippen LogP contribution < -0.4 is 5.56 Å². The maximum Gasteiger partial charge on any atom is 0.262 e. The van der Waals surface area contributed by atoms with Crippen LogP contribution in [0.3, 0.4) is 0 Å². The van der Waals surface area contributed by atoms with Gasteiger partial charge in [-0.25, -0.2) is 4.98 Å². The van der Waals surface area contributed by atoms with Crippen molar-refractivity contribution >= 4 is 22.7 Å². The lowest BCUT2D eigenvalue weighted by Crippen LogP contribution is -2.25. The molecule has 0 N–H and O–H groups in total. The van der Waals surface area contributed by atoms with Crippen LogP contribution in [0.15, 0.2) is 63.0 Å². The van der Waals surface area contributed by atoms with Crippen LogP contribution in [-0.2, 0) is 12.3 Å². The van der Waals surface area contributed by atoms with Crippen LogP contribution in [0.2, 0.25) is 0 Å². The molecule has 0 fully saturated rings. The molecule has 0 unspecified atom stereocenters. The molecule has 0 aliphatic rings. The molecule has 0 spiro atoms. The number of hydrogen-bond donors (Lipinski definition) is 0. The van der Waals surface area contributed by atoms with Crippen LogP contribution in [0.25, 0.3) is 22.3 Å². The second-order valence-electron chi connectivity index (χ2n) is 7.34. The van der Waals surface area contributed by atoms with Gasteiger partial charge in [-0.1, -0.05) is 67.2 Å². The van der Waals surface area contributed by atoms with Crippen LogP contribution in [0.4, 0.5) is 0 Å². The normalized spacial score (nSPS) is 11.4. The largest absolute Gasteiger partial charge is 0.338 e. The maximum atomic E-state index is 13.0. The van der Waals surface area contributed by atoms with Crippen molar-refractivity contribution in [1.29, 1.82) is 0 Å². The smallest absolute Gasteiger partial charge is 0.262 e. The molecule has 4 aromatic rings. The fourth-order valence-corrected chi connectivity index (χ4v) is 4.00. The van der Waals surface area contributed by atoms with Crippen molar-refractivity contribution in [3.8, 4) is 11.4 Å². The minimum absolute atomic E-state index is 0.0158. The molecule has 148 valence electrons. The number of hydrogen-bond acceptors (Lipinski definition) is 6. The van der Waals surface area contributed by atoms with Gasteiger partial charge >= 0.3 is 0 Å². The van der Waals surface area contributed by atoms with Crippen LogP contribution in [0.1, 0.15) is 25.3 Å². The van der Waals surface area contributed by atoms with Gasteiger partial charge in [0, 0.05) is 12.1 Å². The van der Waals surface area contributed by atoms with E-state index in [1.165, 1.54) is 11.8 Å². The van der Waals surface area contributed by atoms with Gasteiger partial charge in [0.2, 0.25) is 11.7 Å². The molecule has 0 bridgehead atoms. The Kier molecular flexibility index (Phi) is 5.49. The fraction of sp³-hybridized carbons (Fsp3) is 0.273. The molecule has 2 aromatic carbocycles. The zero-order chi connectivity index (χ0) is 20.4. The first-order valence-electron chi connectivity index (χ1n) is 9.54. The SMILES string of the molecule is Cc1ccccc1-c1noc(CSc2nc3ccccc3c(=O)n2CC(C)C)n1. The molecule has 2 aromatic heterocycles. The van der Waals surface area contributed by atoms with Gasteiger partial charge in [0.25, 0.3) is 5.56 Å². The second-order valence-corrected chi connectivity index (χ2v) is 8.28. The van der Waals surface area contributed by atoms with Gasteiger partial charge in [0.05, 0.1) is 16.7 Å². The topological polar surface area (TPSA) is 73.8 Å². The maximum absolute atomic E-state index is 13.0. The van der Waals surface area contributed by atoms with Gasteiger partial charge in [0.15, 0.2) is 5.16 Å². The zero-order valence-electron chi connectivity index (χ0n) is 16.6. The number of benzene rings is 2. The highest BCUT2D eigenvalue weighted by Crippen LogP contribution is 2.25. The summed E-state index contributed by atoms with van der Waals surface area (Å²) in [5, 5.41) is 5.41. The monoisotopic (exact) mass is 406 g/mol. The van der Waals surface area contributed by atoms with Crippen LogP contribution in [-0.4, -0.2) is 19.7 Å². The molecule has 0 amide bonds. The molecule has 0 radical (unpaired) electrons. The highest BCUT2D eigenvalue weighted by atomic mass is 32.2. The second kappa shape index (κ2) is 8.21. The molecule has 4 rings (SSSR count). The summed E-state index contributed by atoms with van der Waals surface area (Å²) in [6.45, 7) is 6.80. The fourth-order valence-electron chi connectivity index (χ4n) is 3.16. The molecule has 0 saturated heterocycles. The number of para-hydroxylation sites is 1. The Morgan fingerprint density at radius 2 is 1.83 bits per heavy atom. The van der Waals surface area contributed by atoms with Gasteiger partial charge in [-0.2, -0.15) is 4.98 Å². The summed E-state index contributed by atoms with van der Waals surface area (Å²) < 4.78 is 7.18. The minimum Gasteiger partial charge on any atom is -0.338 e. The molecule has 7 heteroatoms. The van der Waals surface area contributed by atoms with Crippen molar-refractivity contribution in [3.63, 3.8) is 0 Å². The van der Waals surface area contributed by atoms with Crippen molar-refractivity contribution in [1.82, 2.24) is 19.7 Å². The third-order valence-electron chi connectivity index (χ3n) is 4.55. The summed E-state index contributed by atoms with van der Waals surface area (Å²) in [5.74, 6) is 1.85. The first-order chi connectivity index (χ1) is 14.0. The predicted molar refractivity (Wildman–Crippen MR) is 115 cm³/mol. The molecule has 0 aliphatic carbocycles. The van der Waals surface area contributed by atoms with Crippen molar-refractivity contribution in [2.75, 3.05) is 0 Å². The molecule has 0 saturated carbocycles. The predicted octanol–water partition coefficient (Wildman–Crippen LogP) is 4.70. The summed E-state index contributed by atoms with van der Waals surface area (Å²) in [6, 6.07) is 15.4. The summed E-state index contributed by atoms with van der Waals surface area (Å²) >= 11 is 1.44. The molecular formula is C22H22N4O2S. The van der Waals surface area contributed by atoms with E-state index in [9.17, 15) is 4.79 Å². The lowest BCUT2D eigenvalue weighted by molar-refractivity contribution is 0.391. The Balaban J connectivity index is 1.63. The zero-order valence-corrected chi connectivity index (χ0v) is 17.4. The van der Waals surface area contributed by atoms with E-state index >= 15 is 0 Å². The number of nitrogens with zero attached hydrogens (tertiary/aromatic N) is 4. The molecule has 2 heterocycles. The van der Waals surface area contributed by atoms with Crippen molar-refractivity contribution in [2.45, 2.75) is 38.2 Å². The highest BCUT2D eigenvalue weighted by Gasteiger charge is 2.15. The summed E-state index contributed by atoms with van der Waals surface area (Å²) in [7, 11) is 0. The number of fused-ring (bicyclic) bond motifs is 1. The third-order valence-corrected chi connectivity index (χ3v) is 5.51. The standard InChI is InChI=1S/C22H22N4O2S/c1-14(2)12-26-21(27)17-10-6-7-11-18(17)23-22(26)29-13-19-24-20(25-28-19)16-9-5-4-8-15(16)3/h4-11,14H,12-13H2,1-3H3. The minimum atomic E-state index is -0.0158. The van der Waals surface area contributed by atoms with Crippen LogP contribution in [0, 0.1) is 12.8 Å². The van der Waals surface area contributed by atoms with Crippen molar-refractivity contribution in [2.24, 2.45) is 5.92 Å². The Morgan fingerprint density at radius 3 is 2.62 bits per heavy atom. The molecule has 29 heavy (non-hydrogen) atoms. The van der Waals surface area contributed by atoms with Gasteiger partial charge in [0.1, 0.15) is 0 Å². The molecule has 0 aliphatic heterocycles. The van der Waals surface area contributed by atoms with E-state index in [0.29, 0.717) is 46.0 Å². The summed E-state index contributed by atoms with van der Waals surface area (Å²) in [6.07, 6.45) is 0. The number of aryl methyl sites for hydroxylation is 1. The van der Waals surface area contributed by atoms with E-state index in [4.69, 9.17) is 9.51 Å². The Bertz CT molecular complexity index is 1210. The Labute approximate surface area is 173 Å². The first-order valence-corrected chi connectivity index (χ1v) is 10.5. The van der Waals surface area contributed by atoms with E-state index in [1.807, 2.05) is 55.5 Å². The Morgan fingerprint density at radius 1 is 1.07 bits per heavy atom. The van der Waals surface area contributed by atoms with Gasteiger partial charge < -0.3 is 4.52 Å².